The summed E-state index contributed by atoms with van der Waals surface area (Å²) >= 11 is 0. The van der Waals surface area contributed by atoms with E-state index in [9.17, 15) is 4.79 Å². The first-order chi connectivity index (χ1) is 10.3. The third-order valence-corrected chi connectivity index (χ3v) is 4.11. The Morgan fingerprint density at radius 1 is 1.17 bits per heavy atom. The van der Waals surface area contributed by atoms with Gasteiger partial charge in [-0.25, -0.2) is 0 Å². The fourth-order valence-electron chi connectivity index (χ4n) is 2.77. The van der Waals surface area contributed by atoms with E-state index in [1.54, 1.807) is 0 Å². The summed E-state index contributed by atoms with van der Waals surface area (Å²) in [7, 11) is 1.87. The molecule has 1 fully saturated rings. The molecule has 1 aliphatic rings. The second-order valence-corrected chi connectivity index (χ2v) is 5.77. The second kappa shape index (κ2) is 12.6. The van der Waals surface area contributed by atoms with Crippen LogP contribution in [0.2, 0.25) is 0 Å². The van der Waals surface area contributed by atoms with Crippen molar-refractivity contribution in [2.24, 2.45) is 0 Å². The number of carbonyl (C=O) groups is 1. The average molecular weight is 362 g/mol. The van der Waals surface area contributed by atoms with Gasteiger partial charge in [-0.3, -0.25) is 4.79 Å². The zero-order valence-corrected chi connectivity index (χ0v) is 15.4. The number of halogens is 2. The fraction of sp³-hybridized carbons (Fsp3) is 0.588. The number of rotatable bonds is 7. The van der Waals surface area contributed by atoms with E-state index in [0.29, 0.717) is 12.5 Å². The first kappa shape index (κ1) is 22.2. The summed E-state index contributed by atoms with van der Waals surface area (Å²) in [6.45, 7) is 4.04. The lowest BCUT2D eigenvalue weighted by molar-refractivity contribution is -0.122. The molecule has 1 aromatic rings. The summed E-state index contributed by atoms with van der Waals surface area (Å²) in [5, 5.41) is 6.15. The standard InChI is InChI=1S/C17H27N3O.2ClH/c1-18-11-7-17(21)19-16-9-13-20(14-10-16)12-8-15-5-3-2-4-6-15;;/h2-6,16,18H,7-14H2,1H3,(H,19,21);2*1H. The van der Waals surface area contributed by atoms with E-state index in [1.807, 2.05) is 7.05 Å². The Labute approximate surface area is 152 Å². The smallest absolute Gasteiger partial charge is 0.221 e. The number of amides is 1. The molecule has 1 aromatic carbocycles. The Bertz CT molecular complexity index is 423. The quantitative estimate of drug-likeness (QED) is 0.782. The largest absolute Gasteiger partial charge is 0.353 e. The number of hydrogen-bond acceptors (Lipinski definition) is 3. The Balaban J connectivity index is 0.00000242. The Kier molecular flexibility index (Phi) is 12.1. The molecule has 0 radical (unpaired) electrons. The maximum Gasteiger partial charge on any atom is 0.221 e. The van der Waals surface area contributed by atoms with Crippen LogP contribution in [0, 0.1) is 0 Å². The molecule has 0 aliphatic carbocycles. The lowest BCUT2D eigenvalue weighted by Crippen LogP contribution is -2.45. The van der Waals surface area contributed by atoms with E-state index >= 15 is 0 Å². The minimum atomic E-state index is 0. The molecule has 2 N–H and O–H groups in total. The average Bonchev–Trinajstić information content (AvgIpc) is 2.53. The highest BCUT2D eigenvalue weighted by Gasteiger charge is 2.20. The van der Waals surface area contributed by atoms with Crippen LogP contribution in [0.5, 0.6) is 0 Å². The molecule has 0 atom stereocenters. The lowest BCUT2D eigenvalue weighted by Gasteiger charge is -2.32. The Morgan fingerprint density at radius 2 is 1.83 bits per heavy atom. The minimum Gasteiger partial charge on any atom is -0.353 e. The molecular weight excluding hydrogens is 333 g/mol. The van der Waals surface area contributed by atoms with Crippen LogP contribution in [-0.2, 0) is 11.2 Å². The number of likely N-dealkylation sites (tertiary alicyclic amines) is 1. The van der Waals surface area contributed by atoms with Crippen LogP contribution in [0.25, 0.3) is 0 Å². The highest BCUT2D eigenvalue weighted by atomic mass is 35.5. The van der Waals surface area contributed by atoms with Crippen molar-refractivity contribution in [2.45, 2.75) is 31.7 Å². The number of hydrogen-bond donors (Lipinski definition) is 2. The summed E-state index contributed by atoms with van der Waals surface area (Å²) in [6.07, 6.45) is 3.82. The molecule has 0 aromatic heterocycles. The molecule has 0 bridgehead atoms. The van der Waals surface area contributed by atoms with Gasteiger partial charge in [0.2, 0.25) is 5.91 Å². The molecule has 23 heavy (non-hydrogen) atoms. The molecule has 0 saturated carbocycles. The van der Waals surface area contributed by atoms with E-state index < -0.39 is 0 Å². The van der Waals surface area contributed by atoms with Crippen molar-refractivity contribution in [3.05, 3.63) is 35.9 Å². The highest BCUT2D eigenvalue weighted by Crippen LogP contribution is 2.11. The highest BCUT2D eigenvalue weighted by molar-refractivity contribution is 5.85. The van der Waals surface area contributed by atoms with Gasteiger partial charge in [0.05, 0.1) is 0 Å². The van der Waals surface area contributed by atoms with Gasteiger partial charge >= 0.3 is 0 Å². The molecule has 1 heterocycles. The number of nitrogens with one attached hydrogen (secondary N) is 2. The maximum absolute atomic E-state index is 11.7. The monoisotopic (exact) mass is 361 g/mol. The van der Waals surface area contributed by atoms with Crippen LogP contribution in [0.1, 0.15) is 24.8 Å². The van der Waals surface area contributed by atoms with Gasteiger partial charge in [0, 0.05) is 38.6 Å². The van der Waals surface area contributed by atoms with Gasteiger partial charge in [-0.05, 0) is 31.9 Å². The van der Waals surface area contributed by atoms with Crippen LogP contribution in [0.3, 0.4) is 0 Å². The maximum atomic E-state index is 11.7. The van der Waals surface area contributed by atoms with Crippen LogP contribution in [-0.4, -0.2) is 50.1 Å². The zero-order chi connectivity index (χ0) is 14.9. The number of carbonyl (C=O) groups excluding carboxylic acids is 1. The summed E-state index contributed by atoms with van der Waals surface area (Å²) in [6, 6.07) is 11.0. The van der Waals surface area contributed by atoms with Crippen molar-refractivity contribution >= 4 is 30.7 Å². The molecule has 6 heteroatoms. The fourth-order valence-corrected chi connectivity index (χ4v) is 2.77. The molecule has 132 valence electrons. The van der Waals surface area contributed by atoms with E-state index in [1.165, 1.54) is 5.56 Å². The van der Waals surface area contributed by atoms with Crippen LogP contribution in [0.15, 0.2) is 30.3 Å². The van der Waals surface area contributed by atoms with Crippen LogP contribution >= 0.6 is 24.8 Å². The van der Waals surface area contributed by atoms with E-state index in [4.69, 9.17) is 0 Å². The van der Waals surface area contributed by atoms with Crippen LogP contribution in [0.4, 0.5) is 0 Å². The Morgan fingerprint density at radius 3 is 2.43 bits per heavy atom. The van der Waals surface area contributed by atoms with Crippen molar-refractivity contribution in [2.75, 3.05) is 33.2 Å². The van der Waals surface area contributed by atoms with Crippen molar-refractivity contribution in [3.63, 3.8) is 0 Å². The molecule has 1 amide bonds. The van der Waals surface area contributed by atoms with E-state index in [2.05, 4.69) is 45.9 Å². The van der Waals surface area contributed by atoms with Gasteiger partial charge in [-0.2, -0.15) is 0 Å². The predicted octanol–water partition coefficient (Wildman–Crippen LogP) is 2.26. The van der Waals surface area contributed by atoms with Crippen molar-refractivity contribution in [1.29, 1.82) is 0 Å². The number of benzene rings is 1. The third-order valence-electron chi connectivity index (χ3n) is 4.11. The molecule has 1 saturated heterocycles. The van der Waals surface area contributed by atoms with Gasteiger partial charge in [0.25, 0.3) is 0 Å². The molecule has 4 nitrogen and oxygen atoms in total. The van der Waals surface area contributed by atoms with Crippen molar-refractivity contribution < 1.29 is 4.79 Å². The van der Waals surface area contributed by atoms with E-state index in [0.717, 1.165) is 45.4 Å². The van der Waals surface area contributed by atoms with Gasteiger partial charge in [0.1, 0.15) is 0 Å². The normalized spacial score (nSPS) is 15.3. The molecular formula is C17H29Cl2N3O. The van der Waals surface area contributed by atoms with Crippen molar-refractivity contribution in [1.82, 2.24) is 15.5 Å². The molecule has 0 unspecified atom stereocenters. The third kappa shape index (κ3) is 8.56. The van der Waals surface area contributed by atoms with Crippen LogP contribution < -0.4 is 10.6 Å². The first-order valence-electron chi connectivity index (χ1n) is 7.98. The molecule has 2 rings (SSSR count). The van der Waals surface area contributed by atoms with E-state index in [-0.39, 0.29) is 30.7 Å². The number of piperidine rings is 1. The lowest BCUT2D eigenvalue weighted by atomic mass is 10.0. The van der Waals surface area contributed by atoms with Gasteiger partial charge < -0.3 is 15.5 Å². The topological polar surface area (TPSA) is 44.4 Å². The summed E-state index contributed by atoms with van der Waals surface area (Å²) in [4.78, 5) is 14.2. The summed E-state index contributed by atoms with van der Waals surface area (Å²) < 4.78 is 0. The minimum absolute atomic E-state index is 0. The molecule has 0 spiro atoms. The van der Waals surface area contributed by atoms with Gasteiger partial charge in [-0.1, -0.05) is 30.3 Å². The van der Waals surface area contributed by atoms with Gasteiger partial charge in [0.15, 0.2) is 0 Å². The summed E-state index contributed by atoms with van der Waals surface area (Å²) in [5.74, 6) is 0.173. The SMILES string of the molecule is CNCCC(=O)NC1CCN(CCc2ccccc2)CC1.Cl.Cl. The van der Waals surface area contributed by atoms with Gasteiger partial charge in [-0.15, -0.1) is 24.8 Å². The predicted molar refractivity (Wildman–Crippen MR) is 101 cm³/mol. The summed E-state index contributed by atoms with van der Waals surface area (Å²) in [5.41, 5.74) is 1.40. The Hall–Kier alpha value is -0.810. The molecule has 1 aliphatic heterocycles. The first-order valence-corrected chi connectivity index (χ1v) is 7.98. The number of nitrogens with zero attached hydrogens (tertiary/aromatic N) is 1. The van der Waals surface area contributed by atoms with Crippen molar-refractivity contribution in [3.8, 4) is 0 Å². The second-order valence-electron chi connectivity index (χ2n) is 5.77. The zero-order valence-electron chi connectivity index (χ0n) is 13.8.